The van der Waals surface area contributed by atoms with Gasteiger partial charge in [-0.25, -0.2) is 0 Å². The van der Waals surface area contributed by atoms with Crippen LogP contribution in [0.1, 0.15) is 71.3 Å². The van der Waals surface area contributed by atoms with Gasteiger partial charge in [0.25, 0.3) is 0 Å². The number of amides is 4. The van der Waals surface area contributed by atoms with E-state index in [9.17, 15) is 28.8 Å². The van der Waals surface area contributed by atoms with Crippen molar-refractivity contribution in [3.63, 3.8) is 0 Å². The van der Waals surface area contributed by atoms with E-state index in [4.69, 9.17) is 15.2 Å². The number of hydrogen-bond acceptors (Lipinski definition) is 8. The van der Waals surface area contributed by atoms with Crippen molar-refractivity contribution < 1.29 is 38.2 Å². The highest BCUT2D eigenvalue weighted by molar-refractivity contribution is 6.01. The number of nitrogens with zero attached hydrogens (tertiary/aromatic N) is 2. The van der Waals surface area contributed by atoms with Crippen molar-refractivity contribution >= 4 is 35.6 Å². The van der Waals surface area contributed by atoms with Gasteiger partial charge in [-0.15, -0.1) is 0 Å². The van der Waals surface area contributed by atoms with Crippen LogP contribution in [-0.2, 0) is 44.7 Å². The van der Waals surface area contributed by atoms with Gasteiger partial charge >= 0.3 is 11.9 Å². The molecular formula is C30H42N4O8. The van der Waals surface area contributed by atoms with Crippen LogP contribution in [0.5, 0.6) is 0 Å². The number of nitrogens with one attached hydrogen (secondary N) is 1. The number of nitrogens with two attached hydrogens (primary N) is 1. The minimum atomic E-state index is -1.35. The van der Waals surface area contributed by atoms with E-state index in [0.717, 1.165) is 42.6 Å². The van der Waals surface area contributed by atoms with E-state index in [-0.39, 0.29) is 25.6 Å². The Morgan fingerprint density at radius 1 is 1.00 bits per heavy atom. The summed E-state index contributed by atoms with van der Waals surface area (Å²) >= 11 is 0. The molecule has 1 aromatic rings. The Labute approximate surface area is 246 Å². The molecule has 1 saturated carbocycles. The second-order valence-corrected chi connectivity index (χ2v) is 11.8. The van der Waals surface area contributed by atoms with Crippen molar-refractivity contribution in [3.8, 4) is 0 Å². The summed E-state index contributed by atoms with van der Waals surface area (Å²) in [4.78, 5) is 80.4. The number of benzene rings is 1. The average molecular weight is 587 g/mol. The van der Waals surface area contributed by atoms with Gasteiger partial charge < -0.3 is 30.3 Å². The van der Waals surface area contributed by atoms with Gasteiger partial charge in [-0.05, 0) is 52.0 Å². The average Bonchev–Trinajstić information content (AvgIpc) is 2.90. The minimum absolute atomic E-state index is 0.0964. The maximum absolute atomic E-state index is 13.7. The molecule has 230 valence electrons. The second kappa shape index (κ2) is 14.8. The molecule has 3 N–H and O–H groups in total. The first kappa shape index (κ1) is 32.6. The summed E-state index contributed by atoms with van der Waals surface area (Å²) in [6.45, 7) is 4.19. The molecule has 0 bridgehead atoms. The Kier molecular flexibility index (Phi) is 11.5. The van der Waals surface area contributed by atoms with Gasteiger partial charge in [0.15, 0.2) is 0 Å². The fourth-order valence-corrected chi connectivity index (χ4v) is 5.17. The topological polar surface area (TPSA) is 165 Å². The van der Waals surface area contributed by atoms with Gasteiger partial charge in [-0.1, -0.05) is 36.8 Å². The van der Waals surface area contributed by atoms with Crippen molar-refractivity contribution in [2.45, 2.75) is 95.9 Å². The molecule has 1 aliphatic heterocycles. The zero-order valence-electron chi connectivity index (χ0n) is 24.6. The molecule has 0 spiro atoms. The molecule has 2 atom stereocenters. The normalized spacial score (nSPS) is 20.0. The SMILES string of the molecule is CC(C)(C)OC(=O)CN1CCN([C@@H](Cc2ccccc2)C(N)=O)C(=O)CC(=O)N[C@@H](CC(=O)OC2CCCCC2)C1=O. The standard InChI is InChI=1S/C30H42N4O8/c1-30(2,3)42-27(38)19-33-14-15-34(23(28(31)39)16-20-10-6-4-7-11-20)25(36)18-24(35)32-22(29(33)40)17-26(37)41-21-12-8-5-9-13-21/h4,6-7,10-11,21-23H,5,8-9,12-19H2,1-3H3,(H2,31,39)(H,32,35)/t22-,23-/m0/s1. The van der Waals surface area contributed by atoms with Crippen LogP contribution in [0, 0.1) is 0 Å². The van der Waals surface area contributed by atoms with Crippen LogP contribution < -0.4 is 11.1 Å². The van der Waals surface area contributed by atoms with Crippen molar-refractivity contribution in [3.05, 3.63) is 35.9 Å². The molecule has 1 heterocycles. The predicted octanol–water partition coefficient (Wildman–Crippen LogP) is 1.24. The van der Waals surface area contributed by atoms with E-state index < -0.39 is 72.6 Å². The molecule has 2 fully saturated rings. The molecule has 1 saturated heterocycles. The maximum atomic E-state index is 13.7. The van der Waals surface area contributed by atoms with Crippen LogP contribution in [0.4, 0.5) is 0 Å². The summed E-state index contributed by atoms with van der Waals surface area (Å²) < 4.78 is 11.0. The molecule has 1 aliphatic carbocycles. The first-order valence-electron chi connectivity index (χ1n) is 14.4. The fourth-order valence-electron chi connectivity index (χ4n) is 5.17. The Balaban J connectivity index is 1.85. The molecule has 3 rings (SSSR count). The third-order valence-electron chi connectivity index (χ3n) is 7.13. The molecule has 12 nitrogen and oxygen atoms in total. The quantitative estimate of drug-likeness (QED) is 0.322. The van der Waals surface area contributed by atoms with E-state index in [1.165, 1.54) is 4.90 Å². The van der Waals surface area contributed by atoms with Gasteiger partial charge in [0, 0.05) is 19.5 Å². The number of carbonyl (C=O) groups is 6. The fraction of sp³-hybridized carbons (Fsp3) is 0.600. The summed E-state index contributed by atoms with van der Waals surface area (Å²) in [5.41, 5.74) is 5.61. The lowest BCUT2D eigenvalue weighted by Crippen LogP contribution is -2.58. The third kappa shape index (κ3) is 10.1. The zero-order chi connectivity index (χ0) is 30.9. The predicted molar refractivity (Wildman–Crippen MR) is 151 cm³/mol. The molecule has 42 heavy (non-hydrogen) atoms. The molecule has 0 radical (unpaired) electrons. The van der Waals surface area contributed by atoms with Gasteiger partial charge in [0.05, 0.1) is 6.42 Å². The van der Waals surface area contributed by atoms with Crippen LogP contribution in [0.25, 0.3) is 0 Å². The molecular weight excluding hydrogens is 544 g/mol. The first-order valence-corrected chi connectivity index (χ1v) is 14.4. The van der Waals surface area contributed by atoms with Gasteiger partial charge in [0.1, 0.15) is 36.8 Å². The van der Waals surface area contributed by atoms with Crippen molar-refractivity contribution in [1.29, 1.82) is 0 Å². The second-order valence-electron chi connectivity index (χ2n) is 11.8. The molecule has 4 amide bonds. The Hall–Kier alpha value is -3.96. The van der Waals surface area contributed by atoms with E-state index >= 15 is 0 Å². The van der Waals surface area contributed by atoms with Crippen LogP contribution in [0.15, 0.2) is 30.3 Å². The van der Waals surface area contributed by atoms with E-state index in [1.54, 1.807) is 45.0 Å². The van der Waals surface area contributed by atoms with Crippen LogP contribution in [0.2, 0.25) is 0 Å². The zero-order valence-corrected chi connectivity index (χ0v) is 24.6. The lowest BCUT2D eigenvalue weighted by Gasteiger charge is -2.35. The molecule has 2 aliphatic rings. The summed E-state index contributed by atoms with van der Waals surface area (Å²) in [6, 6.07) is 6.48. The van der Waals surface area contributed by atoms with Crippen LogP contribution in [0.3, 0.4) is 0 Å². The highest BCUT2D eigenvalue weighted by Gasteiger charge is 2.36. The number of carbonyl (C=O) groups excluding carboxylic acids is 6. The lowest BCUT2D eigenvalue weighted by molar-refractivity contribution is -0.160. The van der Waals surface area contributed by atoms with Crippen molar-refractivity contribution in [1.82, 2.24) is 15.1 Å². The minimum Gasteiger partial charge on any atom is -0.462 e. The van der Waals surface area contributed by atoms with E-state index in [1.807, 2.05) is 6.07 Å². The summed E-state index contributed by atoms with van der Waals surface area (Å²) in [6.07, 6.45) is 3.14. The lowest BCUT2D eigenvalue weighted by atomic mass is 9.98. The maximum Gasteiger partial charge on any atom is 0.326 e. The molecule has 0 aromatic heterocycles. The van der Waals surface area contributed by atoms with Gasteiger partial charge in [-0.3, -0.25) is 28.8 Å². The summed E-state index contributed by atoms with van der Waals surface area (Å²) in [5, 5.41) is 2.48. The van der Waals surface area contributed by atoms with Crippen molar-refractivity contribution in [2.75, 3.05) is 19.6 Å². The highest BCUT2D eigenvalue weighted by Crippen LogP contribution is 2.21. The van der Waals surface area contributed by atoms with Gasteiger partial charge in [0.2, 0.25) is 23.6 Å². The van der Waals surface area contributed by atoms with E-state index in [0.29, 0.717) is 0 Å². The number of esters is 2. The highest BCUT2D eigenvalue weighted by atomic mass is 16.6. The summed E-state index contributed by atoms with van der Waals surface area (Å²) in [5.74, 6) is -4.34. The van der Waals surface area contributed by atoms with Crippen LogP contribution in [-0.4, -0.2) is 88.8 Å². The molecule has 12 heteroatoms. The number of rotatable bonds is 9. The smallest absolute Gasteiger partial charge is 0.326 e. The molecule has 0 unspecified atom stereocenters. The Bertz CT molecular complexity index is 1140. The Morgan fingerprint density at radius 3 is 2.29 bits per heavy atom. The monoisotopic (exact) mass is 586 g/mol. The third-order valence-corrected chi connectivity index (χ3v) is 7.13. The van der Waals surface area contributed by atoms with Crippen LogP contribution >= 0.6 is 0 Å². The van der Waals surface area contributed by atoms with Crippen molar-refractivity contribution in [2.24, 2.45) is 5.73 Å². The largest absolute Gasteiger partial charge is 0.462 e. The first-order chi connectivity index (χ1) is 19.8. The number of ether oxygens (including phenoxy) is 2. The molecule has 1 aromatic carbocycles. The van der Waals surface area contributed by atoms with Gasteiger partial charge in [-0.2, -0.15) is 0 Å². The number of hydrogen-bond donors (Lipinski definition) is 2. The summed E-state index contributed by atoms with van der Waals surface area (Å²) in [7, 11) is 0. The Morgan fingerprint density at radius 2 is 1.67 bits per heavy atom. The number of primary amides is 1. The van der Waals surface area contributed by atoms with E-state index in [2.05, 4.69) is 5.32 Å².